The lowest BCUT2D eigenvalue weighted by molar-refractivity contribution is -0.144. The van der Waals surface area contributed by atoms with E-state index in [1.54, 1.807) is 7.11 Å². The highest BCUT2D eigenvalue weighted by Gasteiger charge is 2.37. The lowest BCUT2D eigenvalue weighted by Crippen LogP contribution is -2.47. The number of carbonyl (C=O) groups excluding carboxylic acids is 1. The minimum absolute atomic E-state index is 0.000278. The minimum Gasteiger partial charge on any atom is -0.468 e. The van der Waals surface area contributed by atoms with Gasteiger partial charge in [0.05, 0.1) is 13.7 Å². The fourth-order valence-corrected chi connectivity index (χ4v) is 1.78. The number of hydrogen-bond donors (Lipinski definition) is 2. The standard InChI is InChI=1S/C11H21NO4/c1-15-7-9(5-6-13)12-10(8-3-4-8)11(14)16-2/h8-10,12-13H,3-7H2,1-2H3. The second kappa shape index (κ2) is 6.83. The lowest BCUT2D eigenvalue weighted by Gasteiger charge is -2.23. The van der Waals surface area contributed by atoms with Gasteiger partial charge >= 0.3 is 5.97 Å². The van der Waals surface area contributed by atoms with Crippen molar-refractivity contribution in [2.75, 3.05) is 27.4 Å². The molecule has 0 aromatic rings. The van der Waals surface area contributed by atoms with E-state index in [1.165, 1.54) is 7.11 Å². The molecule has 0 saturated heterocycles. The summed E-state index contributed by atoms with van der Waals surface area (Å²) in [6, 6.07) is -0.253. The van der Waals surface area contributed by atoms with Crippen molar-refractivity contribution in [2.45, 2.75) is 31.3 Å². The summed E-state index contributed by atoms with van der Waals surface area (Å²) in [5.41, 5.74) is 0. The van der Waals surface area contributed by atoms with E-state index in [-0.39, 0.29) is 24.7 Å². The molecule has 0 aromatic heterocycles. The molecule has 2 N–H and O–H groups in total. The molecule has 5 nitrogen and oxygen atoms in total. The molecule has 0 radical (unpaired) electrons. The Bertz CT molecular complexity index is 212. The highest BCUT2D eigenvalue weighted by atomic mass is 16.5. The maximum atomic E-state index is 11.5. The molecule has 0 spiro atoms. The smallest absolute Gasteiger partial charge is 0.323 e. The molecule has 2 atom stereocenters. The normalized spacial score (nSPS) is 19.2. The van der Waals surface area contributed by atoms with Gasteiger partial charge in [0.1, 0.15) is 6.04 Å². The van der Waals surface area contributed by atoms with Gasteiger partial charge in [0.25, 0.3) is 0 Å². The molecule has 0 aliphatic heterocycles. The van der Waals surface area contributed by atoms with Crippen LogP contribution in [0.3, 0.4) is 0 Å². The van der Waals surface area contributed by atoms with Gasteiger partial charge < -0.3 is 14.6 Å². The Labute approximate surface area is 96.1 Å². The van der Waals surface area contributed by atoms with Crippen LogP contribution in [0.1, 0.15) is 19.3 Å². The Balaban J connectivity index is 2.46. The first-order valence-electron chi connectivity index (χ1n) is 5.66. The van der Waals surface area contributed by atoms with E-state index in [0.717, 1.165) is 12.8 Å². The Morgan fingerprint density at radius 2 is 2.19 bits per heavy atom. The van der Waals surface area contributed by atoms with Gasteiger partial charge in [-0.05, 0) is 25.2 Å². The third-order valence-electron chi connectivity index (χ3n) is 2.81. The topological polar surface area (TPSA) is 67.8 Å². The Hall–Kier alpha value is -0.650. The van der Waals surface area contributed by atoms with E-state index < -0.39 is 0 Å². The number of hydrogen-bond acceptors (Lipinski definition) is 5. The zero-order chi connectivity index (χ0) is 12.0. The first-order chi connectivity index (χ1) is 7.72. The predicted octanol–water partition coefficient (Wildman–Crippen LogP) is -0.0750. The summed E-state index contributed by atoms with van der Waals surface area (Å²) >= 11 is 0. The number of rotatable bonds is 8. The second-order valence-corrected chi connectivity index (χ2v) is 4.17. The molecule has 1 rings (SSSR count). The van der Waals surface area contributed by atoms with Crippen molar-refractivity contribution in [1.82, 2.24) is 5.32 Å². The monoisotopic (exact) mass is 231 g/mol. The Morgan fingerprint density at radius 1 is 1.50 bits per heavy atom. The zero-order valence-electron chi connectivity index (χ0n) is 9.94. The average Bonchev–Trinajstić information content (AvgIpc) is 3.09. The number of esters is 1. The number of aliphatic hydroxyl groups is 1. The summed E-state index contributed by atoms with van der Waals surface area (Å²) < 4.78 is 9.81. The van der Waals surface area contributed by atoms with Crippen molar-refractivity contribution >= 4 is 5.97 Å². The van der Waals surface area contributed by atoms with Gasteiger partial charge in [-0.3, -0.25) is 10.1 Å². The first-order valence-corrected chi connectivity index (χ1v) is 5.66. The Morgan fingerprint density at radius 3 is 2.62 bits per heavy atom. The van der Waals surface area contributed by atoms with Crippen LogP contribution < -0.4 is 5.32 Å². The van der Waals surface area contributed by atoms with E-state index >= 15 is 0 Å². The fourth-order valence-electron chi connectivity index (χ4n) is 1.78. The van der Waals surface area contributed by atoms with Gasteiger partial charge in [-0.25, -0.2) is 0 Å². The SMILES string of the molecule is COCC(CCO)NC(C(=O)OC)C1CC1. The van der Waals surface area contributed by atoms with Gasteiger partial charge in [0.15, 0.2) is 0 Å². The molecule has 16 heavy (non-hydrogen) atoms. The van der Waals surface area contributed by atoms with Gasteiger partial charge in [-0.1, -0.05) is 0 Å². The molecule has 0 aromatic carbocycles. The van der Waals surface area contributed by atoms with E-state index in [9.17, 15) is 4.79 Å². The van der Waals surface area contributed by atoms with Crippen molar-refractivity contribution in [3.05, 3.63) is 0 Å². The molecule has 0 bridgehead atoms. The van der Waals surface area contributed by atoms with Gasteiger partial charge in [0.2, 0.25) is 0 Å². The molecule has 0 heterocycles. The minimum atomic E-state index is -0.253. The van der Waals surface area contributed by atoms with Gasteiger partial charge in [-0.2, -0.15) is 0 Å². The fraction of sp³-hybridized carbons (Fsp3) is 0.909. The molecule has 1 saturated carbocycles. The van der Waals surface area contributed by atoms with Crippen LogP contribution in [0.15, 0.2) is 0 Å². The van der Waals surface area contributed by atoms with Crippen LogP contribution in [0.25, 0.3) is 0 Å². The lowest BCUT2D eigenvalue weighted by atomic mass is 10.1. The van der Waals surface area contributed by atoms with Crippen molar-refractivity contribution < 1.29 is 19.4 Å². The van der Waals surface area contributed by atoms with Crippen LogP contribution in [0.5, 0.6) is 0 Å². The molecule has 94 valence electrons. The summed E-state index contributed by atoms with van der Waals surface area (Å²) in [5, 5.41) is 12.1. The van der Waals surface area contributed by atoms with Crippen molar-refractivity contribution in [1.29, 1.82) is 0 Å². The molecule has 1 aliphatic rings. The zero-order valence-corrected chi connectivity index (χ0v) is 9.94. The third kappa shape index (κ3) is 4.08. The molecule has 1 aliphatic carbocycles. The third-order valence-corrected chi connectivity index (χ3v) is 2.81. The van der Waals surface area contributed by atoms with Crippen LogP contribution in [-0.2, 0) is 14.3 Å². The molecular formula is C11H21NO4. The van der Waals surface area contributed by atoms with Gasteiger partial charge in [0, 0.05) is 19.8 Å². The summed E-state index contributed by atoms with van der Waals surface area (Å²) in [6.07, 6.45) is 2.70. The van der Waals surface area contributed by atoms with Crippen LogP contribution in [0.2, 0.25) is 0 Å². The molecular weight excluding hydrogens is 210 g/mol. The maximum absolute atomic E-state index is 11.5. The van der Waals surface area contributed by atoms with Crippen molar-refractivity contribution in [3.8, 4) is 0 Å². The summed E-state index contributed by atoms with van der Waals surface area (Å²) in [7, 11) is 3.01. The molecule has 5 heteroatoms. The highest BCUT2D eigenvalue weighted by Crippen LogP contribution is 2.33. The Kier molecular flexibility index (Phi) is 5.73. The number of nitrogens with one attached hydrogen (secondary N) is 1. The largest absolute Gasteiger partial charge is 0.468 e. The first kappa shape index (κ1) is 13.4. The number of aliphatic hydroxyl groups excluding tert-OH is 1. The molecule has 0 amide bonds. The van der Waals surface area contributed by atoms with Gasteiger partial charge in [-0.15, -0.1) is 0 Å². The number of ether oxygens (including phenoxy) is 2. The van der Waals surface area contributed by atoms with Crippen molar-refractivity contribution in [2.24, 2.45) is 5.92 Å². The van der Waals surface area contributed by atoms with E-state index in [4.69, 9.17) is 14.6 Å². The highest BCUT2D eigenvalue weighted by molar-refractivity contribution is 5.76. The molecule has 1 fully saturated rings. The number of carbonyl (C=O) groups is 1. The summed E-state index contributed by atoms with van der Waals surface area (Å²) in [5.74, 6) is 0.159. The van der Waals surface area contributed by atoms with Crippen molar-refractivity contribution in [3.63, 3.8) is 0 Å². The number of methoxy groups -OCH3 is 2. The van der Waals surface area contributed by atoms with Crippen LogP contribution in [-0.4, -0.2) is 50.6 Å². The predicted molar refractivity (Wildman–Crippen MR) is 59.0 cm³/mol. The molecule has 2 unspecified atom stereocenters. The second-order valence-electron chi connectivity index (χ2n) is 4.17. The van der Waals surface area contributed by atoms with Crippen LogP contribution in [0, 0.1) is 5.92 Å². The van der Waals surface area contributed by atoms with E-state index in [1.807, 2.05) is 0 Å². The maximum Gasteiger partial charge on any atom is 0.323 e. The van der Waals surface area contributed by atoms with Crippen LogP contribution in [0.4, 0.5) is 0 Å². The quantitative estimate of drug-likeness (QED) is 0.572. The van der Waals surface area contributed by atoms with E-state index in [2.05, 4.69) is 5.32 Å². The van der Waals surface area contributed by atoms with E-state index in [0.29, 0.717) is 18.9 Å². The average molecular weight is 231 g/mol. The summed E-state index contributed by atoms with van der Waals surface area (Å²) in [6.45, 7) is 0.570. The van der Waals surface area contributed by atoms with Crippen LogP contribution >= 0.6 is 0 Å². The summed E-state index contributed by atoms with van der Waals surface area (Å²) in [4.78, 5) is 11.5.